The Bertz CT molecular complexity index is 1200. The Hall–Kier alpha value is -2.97. The van der Waals surface area contributed by atoms with Gasteiger partial charge in [0.05, 0.1) is 10.4 Å². The Labute approximate surface area is 156 Å². The predicted molar refractivity (Wildman–Crippen MR) is 104 cm³/mol. The average molecular weight is 385 g/mol. The highest BCUT2D eigenvalue weighted by atomic mass is 32.2. The van der Waals surface area contributed by atoms with E-state index in [0.717, 1.165) is 11.1 Å². The van der Waals surface area contributed by atoms with Crippen molar-refractivity contribution in [1.29, 1.82) is 0 Å². The zero-order valence-corrected chi connectivity index (χ0v) is 15.7. The summed E-state index contributed by atoms with van der Waals surface area (Å²) in [4.78, 5) is 25.4. The third-order valence-corrected chi connectivity index (χ3v) is 5.19. The van der Waals surface area contributed by atoms with E-state index in [1.54, 1.807) is 6.07 Å². The number of primary sulfonamides is 1. The van der Waals surface area contributed by atoms with E-state index in [4.69, 9.17) is 5.14 Å². The van der Waals surface area contributed by atoms with Gasteiger partial charge >= 0.3 is 0 Å². The van der Waals surface area contributed by atoms with Gasteiger partial charge in [0.15, 0.2) is 0 Å². The first-order valence-electron chi connectivity index (χ1n) is 8.28. The number of amides is 1. The fraction of sp³-hybridized carbons (Fsp3) is 0.158. The van der Waals surface area contributed by atoms with Gasteiger partial charge in [-0.2, -0.15) is 0 Å². The van der Waals surface area contributed by atoms with Crippen molar-refractivity contribution in [3.05, 3.63) is 70.0 Å². The van der Waals surface area contributed by atoms with Crippen molar-refractivity contribution in [2.75, 3.05) is 5.32 Å². The van der Waals surface area contributed by atoms with Crippen molar-refractivity contribution in [2.45, 2.75) is 25.3 Å². The Morgan fingerprint density at radius 1 is 1.15 bits per heavy atom. The molecule has 0 aliphatic carbocycles. The molecule has 27 heavy (non-hydrogen) atoms. The van der Waals surface area contributed by atoms with Crippen LogP contribution in [0.4, 0.5) is 5.69 Å². The van der Waals surface area contributed by atoms with E-state index in [1.807, 2.05) is 30.5 Å². The lowest BCUT2D eigenvalue weighted by Gasteiger charge is -2.12. The monoisotopic (exact) mass is 385 g/mol. The lowest BCUT2D eigenvalue weighted by molar-refractivity contribution is 0.102. The van der Waals surface area contributed by atoms with Crippen molar-refractivity contribution in [1.82, 2.24) is 4.57 Å². The Morgan fingerprint density at radius 3 is 2.41 bits per heavy atom. The summed E-state index contributed by atoms with van der Waals surface area (Å²) in [5, 5.41) is 8.16. The molecule has 1 amide bonds. The largest absolute Gasteiger partial charge is 0.347 e. The Balaban J connectivity index is 2.01. The smallest absolute Gasteiger partial charge is 0.261 e. The first-order chi connectivity index (χ1) is 12.7. The van der Waals surface area contributed by atoms with Crippen LogP contribution in [0.3, 0.4) is 0 Å². The van der Waals surface area contributed by atoms with E-state index < -0.39 is 15.9 Å². The summed E-state index contributed by atoms with van der Waals surface area (Å²) in [6, 6.07) is 11.0. The van der Waals surface area contributed by atoms with Crippen LogP contribution in [0, 0.1) is 6.92 Å². The van der Waals surface area contributed by atoms with Gasteiger partial charge in [-0.15, -0.1) is 0 Å². The van der Waals surface area contributed by atoms with Crippen LogP contribution in [0.1, 0.15) is 22.8 Å². The maximum atomic E-state index is 12.8. The molecule has 0 fully saturated rings. The van der Waals surface area contributed by atoms with Crippen LogP contribution >= 0.6 is 0 Å². The van der Waals surface area contributed by atoms with Gasteiger partial charge < -0.3 is 9.88 Å². The minimum atomic E-state index is -3.81. The van der Waals surface area contributed by atoms with Gasteiger partial charge in [-0.3, -0.25) is 9.59 Å². The molecule has 140 valence electrons. The average Bonchev–Trinajstić information content (AvgIpc) is 2.62. The number of fused-ring (bicyclic) bond motifs is 1. The summed E-state index contributed by atoms with van der Waals surface area (Å²) in [5.41, 5.74) is 1.72. The third-order valence-electron chi connectivity index (χ3n) is 4.26. The standard InChI is InChI=1S/C19H19N3O4S/c1-3-22-11-16(18(23)15-10-12(2)4-9-17(15)22)19(24)21-13-5-7-14(8-6-13)27(20,25)26/h4-11H,3H2,1-2H3,(H,21,24)(H2,20,25,26). The number of hydrogen-bond donors (Lipinski definition) is 2. The molecule has 0 unspecified atom stereocenters. The molecule has 3 rings (SSSR count). The van der Waals surface area contributed by atoms with Gasteiger partial charge in [0.1, 0.15) is 5.56 Å². The number of anilines is 1. The Morgan fingerprint density at radius 2 is 1.81 bits per heavy atom. The Kier molecular flexibility index (Phi) is 4.86. The summed E-state index contributed by atoms with van der Waals surface area (Å²) < 4.78 is 24.4. The van der Waals surface area contributed by atoms with Crippen LogP contribution in [-0.2, 0) is 16.6 Å². The molecular formula is C19H19N3O4S. The molecule has 0 bridgehead atoms. The molecule has 7 nitrogen and oxygen atoms in total. The number of nitrogens with two attached hydrogens (primary N) is 1. The summed E-state index contributed by atoms with van der Waals surface area (Å²) in [6.45, 7) is 4.41. The van der Waals surface area contributed by atoms with Crippen molar-refractivity contribution in [2.24, 2.45) is 5.14 Å². The molecule has 1 aromatic heterocycles. The minimum Gasteiger partial charge on any atom is -0.347 e. The maximum absolute atomic E-state index is 12.8. The number of nitrogens with zero attached hydrogens (tertiary/aromatic N) is 1. The number of nitrogens with one attached hydrogen (secondary N) is 1. The second kappa shape index (κ2) is 6.98. The number of hydrogen-bond acceptors (Lipinski definition) is 4. The topological polar surface area (TPSA) is 111 Å². The normalized spacial score (nSPS) is 11.5. The molecule has 0 saturated carbocycles. The second-order valence-electron chi connectivity index (χ2n) is 6.20. The molecule has 0 aliphatic heterocycles. The number of carbonyl (C=O) groups is 1. The predicted octanol–water partition coefficient (Wildman–Crippen LogP) is 2.23. The van der Waals surface area contributed by atoms with Gasteiger partial charge in [-0.25, -0.2) is 13.6 Å². The molecule has 8 heteroatoms. The van der Waals surface area contributed by atoms with Crippen LogP contribution in [0.25, 0.3) is 10.9 Å². The van der Waals surface area contributed by atoms with Gasteiger partial charge in [-0.1, -0.05) is 11.6 Å². The number of carbonyl (C=O) groups excluding carboxylic acids is 1. The van der Waals surface area contributed by atoms with E-state index in [-0.39, 0.29) is 15.9 Å². The quantitative estimate of drug-likeness (QED) is 0.717. The van der Waals surface area contributed by atoms with Crippen LogP contribution in [0.15, 0.2) is 58.4 Å². The van der Waals surface area contributed by atoms with E-state index in [9.17, 15) is 18.0 Å². The first kappa shape index (κ1) is 18.8. The van der Waals surface area contributed by atoms with E-state index in [0.29, 0.717) is 17.6 Å². The zero-order chi connectivity index (χ0) is 19.8. The molecular weight excluding hydrogens is 366 g/mol. The number of aromatic nitrogens is 1. The number of rotatable bonds is 4. The number of benzene rings is 2. The third kappa shape index (κ3) is 3.76. The second-order valence-corrected chi connectivity index (χ2v) is 7.76. The summed E-state index contributed by atoms with van der Waals surface area (Å²) in [6.07, 6.45) is 1.54. The lowest BCUT2D eigenvalue weighted by atomic mass is 10.1. The minimum absolute atomic E-state index is 0.0190. The van der Waals surface area contributed by atoms with Gasteiger partial charge in [0, 0.05) is 23.8 Å². The van der Waals surface area contributed by atoms with Crippen molar-refractivity contribution in [3.63, 3.8) is 0 Å². The van der Waals surface area contributed by atoms with Crippen molar-refractivity contribution < 1.29 is 13.2 Å². The molecule has 2 aromatic carbocycles. The van der Waals surface area contributed by atoms with Crippen LogP contribution < -0.4 is 15.9 Å². The summed E-state index contributed by atoms with van der Waals surface area (Å²) in [5.74, 6) is -0.561. The molecule has 1 heterocycles. The maximum Gasteiger partial charge on any atom is 0.261 e. The van der Waals surface area contributed by atoms with Gasteiger partial charge in [-0.05, 0) is 50.2 Å². The number of aryl methyl sites for hydroxylation is 2. The van der Waals surface area contributed by atoms with E-state index in [2.05, 4.69) is 5.32 Å². The fourth-order valence-corrected chi connectivity index (χ4v) is 3.38. The first-order valence-corrected chi connectivity index (χ1v) is 9.83. The number of pyridine rings is 1. The van der Waals surface area contributed by atoms with Crippen LogP contribution in [0.5, 0.6) is 0 Å². The molecule has 0 spiro atoms. The van der Waals surface area contributed by atoms with Crippen molar-refractivity contribution >= 4 is 32.5 Å². The fourth-order valence-electron chi connectivity index (χ4n) is 2.86. The lowest BCUT2D eigenvalue weighted by Crippen LogP contribution is -2.24. The summed E-state index contributed by atoms with van der Waals surface area (Å²) in [7, 11) is -3.81. The number of sulfonamides is 1. The molecule has 3 N–H and O–H groups in total. The molecule has 0 saturated heterocycles. The highest BCUT2D eigenvalue weighted by molar-refractivity contribution is 7.89. The molecule has 0 aliphatic rings. The van der Waals surface area contributed by atoms with Crippen LogP contribution in [-0.4, -0.2) is 18.9 Å². The van der Waals surface area contributed by atoms with E-state index in [1.165, 1.54) is 30.5 Å². The molecule has 0 atom stereocenters. The van der Waals surface area contributed by atoms with Crippen LogP contribution in [0.2, 0.25) is 0 Å². The van der Waals surface area contributed by atoms with Gasteiger partial charge in [0.2, 0.25) is 15.5 Å². The summed E-state index contributed by atoms with van der Waals surface area (Å²) >= 11 is 0. The van der Waals surface area contributed by atoms with Gasteiger partial charge in [0.25, 0.3) is 5.91 Å². The zero-order valence-electron chi connectivity index (χ0n) is 14.9. The SMILES string of the molecule is CCn1cc(C(=O)Nc2ccc(S(N)(=O)=O)cc2)c(=O)c2cc(C)ccc21. The molecule has 3 aromatic rings. The highest BCUT2D eigenvalue weighted by Gasteiger charge is 2.16. The molecule has 0 radical (unpaired) electrons. The highest BCUT2D eigenvalue weighted by Crippen LogP contribution is 2.16. The van der Waals surface area contributed by atoms with E-state index >= 15 is 0 Å². The van der Waals surface area contributed by atoms with Crippen molar-refractivity contribution in [3.8, 4) is 0 Å².